The lowest BCUT2D eigenvalue weighted by Gasteiger charge is -2.15. The van der Waals surface area contributed by atoms with Gasteiger partial charge in [-0.1, -0.05) is 46.6 Å². The number of nitrogens with one attached hydrogen (secondary N) is 1. The van der Waals surface area contributed by atoms with E-state index in [-0.39, 0.29) is 16.5 Å². The average Bonchev–Trinajstić information content (AvgIpc) is 2.63. The maximum Gasteiger partial charge on any atom is 0.125 e. The molecule has 140 valence electrons. The monoisotopic (exact) mass is 380 g/mol. The zero-order valence-electron chi connectivity index (χ0n) is 16.2. The minimum atomic E-state index is -0.299. The van der Waals surface area contributed by atoms with Crippen molar-refractivity contribution in [2.24, 2.45) is 4.36 Å². The Labute approximate surface area is 163 Å². The van der Waals surface area contributed by atoms with E-state index in [0.717, 1.165) is 16.3 Å². The quantitative estimate of drug-likeness (QED) is 0.538. The Kier molecular flexibility index (Phi) is 6.07. The largest absolute Gasteiger partial charge is 0.379 e. The highest BCUT2D eigenvalue weighted by molar-refractivity contribution is 7.86. The van der Waals surface area contributed by atoms with Crippen LogP contribution >= 0.6 is 0 Å². The molecule has 3 aromatic carbocycles. The van der Waals surface area contributed by atoms with E-state index in [2.05, 4.69) is 56.6 Å². The standard InChI is InChI=1S/C23H25FN2S/c1-16-12-17(2)21(18(3)13-16)15-25-23-14-19(24)10-11-22(23)26-27(4)20-8-6-5-7-9-20/h5-14,25H,15H2,1-4H3. The molecule has 0 radical (unpaired) electrons. The molecule has 1 N–H and O–H groups in total. The van der Waals surface area contributed by atoms with Gasteiger partial charge in [0.05, 0.1) is 11.4 Å². The zero-order valence-corrected chi connectivity index (χ0v) is 17.0. The van der Waals surface area contributed by atoms with Gasteiger partial charge >= 0.3 is 0 Å². The summed E-state index contributed by atoms with van der Waals surface area (Å²) in [7, 11) is -0.299. The van der Waals surface area contributed by atoms with Crippen molar-refractivity contribution in [2.45, 2.75) is 32.2 Å². The van der Waals surface area contributed by atoms with Gasteiger partial charge in [-0.2, -0.15) is 0 Å². The van der Waals surface area contributed by atoms with E-state index >= 15 is 0 Å². The third-order valence-corrected chi connectivity index (χ3v) is 6.00. The van der Waals surface area contributed by atoms with Crippen molar-refractivity contribution >= 4 is 22.1 Å². The molecule has 4 heteroatoms. The van der Waals surface area contributed by atoms with Crippen LogP contribution < -0.4 is 5.32 Å². The highest BCUT2D eigenvalue weighted by atomic mass is 32.2. The van der Waals surface area contributed by atoms with Crippen molar-refractivity contribution in [3.05, 3.63) is 88.7 Å². The Balaban J connectivity index is 1.89. The molecule has 3 rings (SSSR count). The molecule has 0 saturated heterocycles. The van der Waals surface area contributed by atoms with E-state index in [0.29, 0.717) is 6.54 Å². The van der Waals surface area contributed by atoms with E-state index < -0.39 is 0 Å². The molecule has 2 nitrogen and oxygen atoms in total. The maximum atomic E-state index is 13.9. The Bertz CT molecular complexity index is 958. The lowest BCUT2D eigenvalue weighted by atomic mass is 10.00. The molecule has 3 aromatic rings. The lowest BCUT2D eigenvalue weighted by Crippen LogP contribution is -2.04. The van der Waals surface area contributed by atoms with Gasteiger partial charge in [-0.15, -0.1) is 0 Å². The molecule has 1 unspecified atom stereocenters. The molecule has 0 aliphatic rings. The van der Waals surface area contributed by atoms with Crippen LogP contribution in [0.25, 0.3) is 0 Å². The van der Waals surface area contributed by atoms with E-state index in [1.165, 1.54) is 34.4 Å². The molecular weight excluding hydrogens is 355 g/mol. The molecule has 0 fully saturated rings. The summed E-state index contributed by atoms with van der Waals surface area (Å²) in [6.07, 6.45) is 2.08. The van der Waals surface area contributed by atoms with Crippen LogP contribution in [-0.4, -0.2) is 6.26 Å². The summed E-state index contributed by atoms with van der Waals surface area (Å²) in [5.41, 5.74) is 6.50. The third-order valence-electron chi connectivity index (χ3n) is 4.57. The smallest absolute Gasteiger partial charge is 0.125 e. The molecule has 0 spiro atoms. The fourth-order valence-electron chi connectivity index (χ4n) is 3.22. The average molecular weight is 381 g/mol. The normalized spacial score (nSPS) is 12.2. The van der Waals surface area contributed by atoms with Crippen molar-refractivity contribution in [1.29, 1.82) is 0 Å². The Hall–Kier alpha value is -2.46. The summed E-state index contributed by atoms with van der Waals surface area (Å²) in [5, 5.41) is 3.40. The number of nitrogens with zero attached hydrogens (tertiary/aromatic N) is 1. The molecular formula is C23H25FN2S. The van der Waals surface area contributed by atoms with E-state index in [9.17, 15) is 4.39 Å². The Morgan fingerprint density at radius 3 is 2.26 bits per heavy atom. The van der Waals surface area contributed by atoms with Crippen LogP contribution in [0, 0.1) is 26.6 Å². The highest BCUT2D eigenvalue weighted by Gasteiger charge is 2.08. The number of hydrogen-bond acceptors (Lipinski definition) is 2. The molecule has 0 aromatic heterocycles. The first-order valence-corrected chi connectivity index (χ1v) is 10.6. The van der Waals surface area contributed by atoms with Crippen molar-refractivity contribution in [3.63, 3.8) is 0 Å². The van der Waals surface area contributed by atoms with Crippen molar-refractivity contribution in [1.82, 2.24) is 0 Å². The summed E-state index contributed by atoms with van der Waals surface area (Å²) >= 11 is 0. The van der Waals surface area contributed by atoms with E-state index in [4.69, 9.17) is 4.36 Å². The maximum absolute atomic E-state index is 13.9. The first kappa shape index (κ1) is 19.3. The number of benzene rings is 3. The second kappa shape index (κ2) is 8.49. The first-order chi connectivity index (χ1) is 12.9. The SMILES string of the molecule is Cc1cc(C)c(CNc2cc(F)ccc2N=S(C)c2ccccc2)c(C)c1. The highest BCUT2D eigenvalue weighted by Crippen LogP contribution is 2.29. The number of anilines is 1. The topological polar surface area (TPSA) is 24.4 Å². The summed E-state index contributed by atoms with van der Waals surface area (Å²) in [6.45, 7) is 6.99. The van der Waals surface area contributed by atoms with Gasteiger partial charge in [0.15, 0.2) is 0 Å². The van der Waals surface area contributed by atoms with Gasteiger partial charge in [0.1, 0.15) is 5.82 Å². The number of hydrogen-bond donors (Lipinski definition) is 1. The van der Waals surface area contributed by atoms with E-state index in [1.54, 1.807) is 6.07 Å². The Morgan fingerprint density at radius 2 is 1.59 bits per heavy atom. The van der Waals surface area contributed by atoms with Gasteiger partial charge in [-0.3, -0.25) is 0 Å². The van der Waals surface area contributed by atoms with Crippen molar-refractivity contribution in [2.75, 3.05) is 11.6 Å². The number of rotatable bonds is 5. The van der Waals surface area contributed by atoms with Crippen molar-refractivity contribution < 1.29 is 4.39 Å². The van der Waals surface area contributed by atoms with Crippen LogP contribution in [0.1, 0.15) is 22.3 Å². The molecule has 0 bridgehead atoms. The van der Waals surface area contributed by atoms with Gasteiger partial charge in [0.25, 0.3) is 0 Å². The number of halogens is 1. The molecule has 0 aliphatic carbocycles. The van der Waals surface area contributed by atoms with Crippen LogP contribution in [0.3, 0.4) is 0 Å². The third kappa shape index (κ3) is 4.83. The predicted molar refractivity (Wildman–Crippen MR) is 114 cm³/mol. The molecule has 0 saturated carbocycles. The van der Waals surface area contributed by atoms with Crippen molar-refractivity contribution in [3.8, 4) is 0 Å². The van der Waals surface area contributed by atoms with Gasteiger partial charge in [-0.05, 0) is 74.0 Å². The minimum Gasteiger partial charge on any atom is -0.379 e. The van der Waals surface area contributed by atoms with Gasteiger partial charge in [0, 0.05) is 11.4 Å². The van der Waals surface area contributed by atoms with Gasteiger partial charge in [0.2, 0.25) is 0 Å². The first-order valence-electron chi connectivity index (χ1n) is 8.97. The molecule has 0 amide bonds. The summed E-state index contributed by atoms with van der Waals surface area (Å²) < 4.78 is 18.7. The minimum absolute atomic E-state index is 0.260. The van der Waals surface area contributed by atoms with Gasteiger partial charge in [-0.25, -0.2) is 8.75 Å². The van der Waals surface area contributed by atoms with Crippen LogP contribution in [0.5, 0.6) is 0 Å². The second-order valence-electron chi connectivity index (χ2n) is 6.77. The molecule has 1 atom stereocenters. The Morgan fingerprint density at radius 1 is 0.926 bits per heavy atom. The van der Waals surface area contributed by atoms with Crippen LogP contribution in [-0.2, 0) is 17.2 Å². The lowest BCUT2D eigenvalue weighted by molar-refractivity contribution is 0.628. The van der Waals surface area contributed by atoms with Gasteiger partial charge < -0.3 is 5.32 Å². The predicted octanol–water partition coefficient (Wildman–Crippen LogP) is 6.49. The zero-order chi connectivity index (χ0) is 19.4. The molecule has 27 heavy (non-hydrogen) atoms. The fourth-order valence-corrected chi connectivity index (χ4v) is 4.33. The van der Waals surface area contributed by atoms with Crippen LogP contribution in [0.2, 0.25) is 0 Å². The van der Waals surface area contributed by atoms with Crippen LogP contribution in [0.4, 0.5) is 15.8 Å². The molecule has 0 heterocycles. The fraction of sp³-hybridized carbons (Fsp3) is 0.217. The second-order valence-corrected chi connectivity index (χ2v) is 8.38. The number of aryl methyl sites for hydroxylation is 3. The summed E-state index contributed by atoms with van der Waals surface area (Å²) in [4.78, 5) is 1.16. The summed E-state index contributed by atoms with van der Waals surface area (Å²) in [5.74, 6) is -0.260. The molecule has 0 aliphatic heterocycles. The van der Waals surface area contributed by atoms with E-state index in [1.807, 2.05) is 18.2 Å². The summed E-state index contributed by atoms with van der Waals surface area (Å²) in [6, 6.07) is 19.3. The van der Waals surface area contributed by atoms with Crippen LogP contribution in [0.15, 0.2) is 69.9 Å².